The van der Waals surface area contributed by atoms with E-state index >= 15 is 0 Å². The smallest absolute Gasteiger partial charge is 0.259 e. The fourth-order valence-corrected chi connectivity index (χ4v) is 5.20. The van der Waals surface area contributed by atoms with Gasteiger partial charge in [0.25, 0.3) is 5.91 Å². The summed E-state index contributed by atoms with van der Waals surface area (Å²) in [6, 6.07) is 6.84. The first-order valence-corrected chi connectivity index (χ1v) is 11.0. The molecule has 0 atom stereocenters. The van der Waals surface area contributed by atoms with Crippen molar-refractivity contribution in [1.29, 1.82) is 0 Å². The maximum atomic E-state index is 13.5. The van der Waals surface area contributed by atoms with Gasteiger partial charge in [0.2, 0.25) is 10.0 Å². The number of aryl methyl sites for hydroxylation is 3. The fraction of sp³-hybridized carbons (Fsp3) is 0.350. The van der Waals surface area contributed by atoms with E-state index < -0.39 is 15.8 Å². The number of amides is 1. The number of nitrogens with zero attached hydrogens (tertiary/aromatic N) is 5. The zero-order valence-electron chi connectivity index (χ0n) is 17.0. The SMILES string of the molecule is Cc1cc(C)n2nc(C)c(C(=O)N3CCN(S(=O)(=O)c4cccc(F)c4)CC3)c2n1. The molecule has 3 heterocycles. The van der Waals surface area contributed by atoms with Crippen molar-refractivity contribution in [1.82, 2.24) is 23.8 Å². The van der Waals surface area contributed by atoms with E-state index in [1.165, 1.54) is 22.5 Å². The van der Waals surface area contributed by atoms with Crippen LogP contribution in [0.4, 0.5) is 4.39 Å². The minimum absolute atomic E-state index is 0.0871. The number of rotatable bonds is 3. The number of carbonyl (C=O) groups excluding carboxylic acids is 1. The third-order valence-corrected chi connectivity index (χ3v) is 7.14. The number of piperazine rings is 1. The van der Waals surface area contributed by atoms with Crippen LogP contribution < -0.4 is 0 Å². The lowest BCUT2D eigenvalue weighted by atomic mass is 10.2. The Balaban J connectivity index is 1.56. The second-order valence-electron chi connectivity index (χ2n) is 7.39. The van der Waals surface area contributed by atoms with Gasteiger partial charge in [-0.2, -0.15) is 9.40 Å². The van der Waals surface area contributed by atoms with Crippen LogP contribution in [0.25, 0.3) is 5.65 Å². The van der Waals surface area contributed by atoms with Crippen molar-refractivity contribution in [3.05, 3.63) is 58.8 Å². The van der Waals surface area contributed by atoms with Crippen LogP contribution in [0.1, 0.15) is 27.4 Å². The molecule has 30 heavy (non-hydrogen) atoms. The highest BCUT2D eigenvalue weighted by molar-refractivity contribution is 7.89. The Morgan fingerprint density at radius 1 is 1.07 bits per heavy atom. The highest BCUT2D eigenvalue weighted by atomic mass is 32.2. The predicted octanol–water partition coefficient (Wildman–Crippen LogP) is 1.94. The quantitative estimate of drug-likeness (QED) is 0.633. The summed E-state index contributed by atoms with van der Waals surface area (Å²) >= 11 is 0. The van der Waals surface area contributed by atoms with E-state index in [9.17, 15) is 17.6 Å². The Kier molecular flexibility index (Phi) is 5.07. The van der Waals surface area contributed by atoms with E-state index in [1.54, 1.807) is 16.3 Å². The van der Waals surface area contributed by atoms with Gasteiger partial charge in [0.15, 0.2) is 5.65 Å². The molecule has 0 bridgehead atoms. The predicted molar refractivity (Wildman–Crippen MR) is 108 cm³/mol. The Morgan fingerprint density at radius 2 is 1.77 bits per heavy atom. The number of halogens is 1. The molecular weight excluding hydrogens is 409 g/mol. The summed E-state index contributed by atoms with van der Waals surface area (Å²) < 4.78 is 42.0. The molecule has 1 aromatic carbocycles. The van der Waals surface area contributed by atoms with E-state index in [-0.39, 0.29) is 37.0 Å². The van der Waals surface area contributed by atoms with Gasteiger partial charge >= 0.3 is 0 Å². The van der Waals surface area contributed by atoms with Crippen LogP contribution >= 0.6 is 0 Å². The first kappa shape index (κ1) is 20.4. The van der Waals surface area contributed by atoms with Crippen LogP contribution in [0.5, 0.6) is 0 Å². The second kappa shape index (κ2) is 7.44. The number of carbonyl (C=O) groups is 1. The lowest BCUT2D eigenvalue weighted by molar-refractivity contribution is 0.0699. The molecule has 0 spiro atoms. The minimum atomic E-state index is -3.81. The molecule has 1 fully saturated rings. The maximum Gasteiger partial charge on any atom is 0.259 e. The summed E-state index contributed by atoms with van der Waals surface area (Å²) in [4.78, 5) is 19.2. The van der Waals surface area contributed by atoms with Crippen LogP contribution in [-0.4, -0.2) is 64.3 Å². The van der Waals surface area contributed by atoms with Gasteiger partial charge in [-0.15, -0.1) is 0 Å². The molecule has 2 aromatic heterocycles. The molecule has 3 aromatic rings. The van der Waals surface area contributed by atoms with Crippen LogP contribution in [0.3, 0.4) is 0 Å². The molecule has 1 amide bonds. The molecule has 1 aliphatic heterocycles. The van der Waals surface area contributed by atoms with Gasteiger partial charge in [0.1, 0.15) is 11.4 Å². The van der Waals surface area contributed by atoms with Crippen molar-refractivity contribution in [2.45, 2.75) is 25.7 Å². The molecule has 0 aliphatic carbocycles. The van der Waals surface area contributed by atoms with E-state index in [0.717, 1.165) is 17.5 Å². The first-order chi connectivity index (χ1) is 14.2. The zero-order valence-corrected chi connectivity index (χ0v) is 17.8. The first-order valence-electron chi connectivity index (χ1n) is 9.57. The van der Waals surface area contributed by atoms with Crippen molar-refractivity contribution < 1.29 is 17.6 Å². The monoisotopic (exact) mass is 431 g/mol. The topological polar surface area (TPSA) is 87.9 Å². The lowest BCUT2D eigenvalue weighted by Crippen LogP contribution is -2.50. The number of benzene rings is 1. The summed E-state index contributed by atoms with van der Waals surface area (Å²) in [5, 5.41) is 4.44. The normalized spacial score (nSPS) is 15.7. The summed E-state index contributed by atoms with van der Waals surface area (Å²) in [7, 11) is -3.81. The van der Waals surface area contributed by atoms with E-state index in [4.69, 9.17) is 0 Å². The molecule has 1 aliphatic rings. The van der Waals surface area contributed by atoms with Gasteiger partial charge in [0.05, 0.1) is 10.6 Å². The maximum absolute atomic E-state index is 13.5. The molecule has 0 unspecified atom stereocenters. The number of fused-ring (bicyclic) bond motifs is 1. The molecule has 0 radical (unpaired) electrons. The van der Waals surface area contributed by atoms with E-state index in [2.05, 4.69) is 10.1 Å². The standard InChI is InChI=1S/C20H22FN5O3S/c1-13-11-14(2)26-19(22-13)18(15(3)23-26)20(27)24-7-9-25(10-8-24)30(28,29)17-6-4-5-16(21)12-17/h4-6,11-12H,7-10H2,1-3H3. The largest absolute Gasteiger partial charge is 0.336 e. The fourth-order valence-electron chi connectivity index (χ4n) is 3.74. The van der Waals surface area contributed by atoms with Crippen LogP contribution in [0.15, 0.2) is 35.2 Å². The number of hydrogen-bond acceptors (Lipinski definition) is 5. The molecule has 0 saturated carbocycles. The van der Waals surface area contributed by atoms with Crippen molar-refractivity contribution in [3.63, 3.8) is 0 Å². The van der Waals surface area contributed by atoms with Gasteiger partial charge in [-0.05, 0) is 45.0 Å². The Morgan fingerprint density at radius 3 is 2.43 bits per heavy atom. The summed E-state index contributed by atoms with van der Waals surface area (Å²) in [6.07, 6.45) is 0. The Hall–Kier alpha value is -2.85. The third kappa shape index (κ3) is 3.46. The molecule has 158 valence electrons. The van der Waals surface area contributed by atoms with Crippen LogP contribution in [0, 0.1) is 26.6 Å². The second-order valence-corrected chi connectivity index (χ2v) is 9.33. The van der Waals surface area contributed by atoms with Crippen molar-refractivity contribution >= 4 is 21.6 Å². The Bertz CT molecular complexity index is 1250. The lowest BCUT2D eigenvalue weighted by Gasteiger charge is -2.34. The molecule has 4 rings (SSSR count). The molecule has 8 nitrogen and oxygen atoms in total. The summed E-state index contributed by atoms with van der Waals surface area (Å²) in [6.45, 7) is 6.26. The number of aromatic nitrogens is 3. The zero-order chi connectivity index (χ0) is 21.6. The third-order valence-electron chi connectivity index (χ3n) is 5.24. The van der Waals surface area contributed by atoms with Gasteiger partial charge in [-0.1, -0.05) is 6.07 Å². The highest BCUT2D eigenvalue weighted by Crippen LogP contribution is 2.22. The van der Waals surface area contributed by atoms with Crippen LogP contribution in [-0.2, 0) is 10.0 Å². The van der Waals surface area contributed by atoms with Crippen molar-refractivity contribution in [3.8, 4) is 0 Å². The summed E-state index contributed by atoms with van der Waals surface area (Å²) in [5.41, 5.74) is 3.19. The van der Waals surface area contributed by atoms with Gasteiger partial charge in [-0.25, -0.2) is 22.3 Å². The average Bonchev–Trinajstić information content (AvgIpc) is 3.03. The average molecular weight is 431 g/mol. The molecule has 0 N–H and O–H groups in total. The molecule has 10 heteroatoms. The highest BCUT2D eigenvalue weighted by Gasteiger charge is 2.32. The van der Waals surface area contributed by atoms with E-state index in [0.29, 0.717) is 16.9 Å². The van der Waals surface area contributed by atoms with Gasteiger partial charge in [-0.3, -0.25) is 4.79 Å². The summed E-state index contributed by atoms with van der Waals surface area (Å²) in [5.74, 6) is -0.825. The van der Waals surface area contributed by atoms with E-state index in [1.807, 2.05) is 19.9 Å². The molecular formula is C20H22FN5O3S. The Labute approximate surface area is 174 Å². The number of hydrogen-bond donors (Lipinski definition) is 0. The number of sulfonamides is 1. The van der Waals surface area contributed by atoms with Crippen molar-refractivity contribution in [2.75, 3.05) is 26.2 Å². The van der Waals surface area contributed by atoms with Gasteiger partial charge in [0, 0.05) is 37.6 Å². The van der Waals surface area contributed by atoms with Crippen LogP contribution in [0.2, 0.25) is 0 Å². The molecule has 1 saturated heterocycles. The minimum Gasteiger partial charge on any atom is -0.336 e. The van der Waals surface area contributed by atoms with Gasteiger partial charge < -0.3 is 4.90 Å². The van der Waals surface area contributed by atoms with Crippen molar-refractivity contribution in [2.24, 2.45) is 0 Å².